The first-order chi connectivity index (χ1) is 9.70. The van der Waals surface area contributed by atoms with Crippen LogP contribution in [0.15, 0.2) is 48.5 Å². The van der Waals surface area contributed by atoms with E-state index in [4.69, 9.17) is 5.73 Å². The fourth-order valence-electron chi connectivity index (χ4n) is 2.76. The summed E-state index contributed by atoms with van der Waals surface area (Å²) in [5.41, 5.74) is 10.1. The Morgan fingerprint density at radius 1 is 1.05 bits per heavy atom. The molecule has 2 aromatic rings. The van der Waals surface area contributed by atoms with Crippen molar-refractivity contribution in [3.63, 3.8) is 0 Å². The lowest BCUT2D eigenvalue weighted by atomic mass is 10.1. The van der Waals surface area contributed by atoms with Crippen molar-refractivity contribution in [2.24, 2.45) is 0 Å². The fraction of sp³-hybridized carbons (Fsp3) is 0.235. The van der Waals surface area contributed by atoms with Crippen molar-refractivity contribution in [2.45, 2.75) is 25.3 Å². The average molecular weight is 266 g/mol. The second kappa shape index (κ2) is 5.37. The van der Waals surface area contributed by atoms with Crippen LogP contribution in [-0.4, -0.2) is 11.9 Å². The lowest BCUT2D eigenvalue weighted by Gasteiger charge is -2.12. The Morgan fingerprint density at radius 3 is 2.25 bits per heavy atom. The van der Waals surface area contributed by atoms with Gasteiger partial charge in [-0.1, -0.05) is 36.4 Å². The molecule has 3 N–H and O–H groups in total. The van der Waals surface area contributed by atoms with Gasteiger partial charge in [-0.15, -0.1) is 0 Å². The van der Waals surface area contributed by atoms with E-state index >= 15 is 0 Å². The quantitative estimate of drug-likeness (QED) is 0.836. The van der Waals surface area contributed by atoms with Crippen molar-refractivity contribution in [3.8, 4) is 0 Å². The van der Waals surface area contributed by atoms with Crippen LogP contribution in [0.3, 0.4) is 0 Å². The second-order valence-electron chi connectivity index (χ2n) is 5.36. The highest BCUT2D eigenvalue weighted by molar-refractivity contribution is 5.79. The molecule has 0 saturated carbocycles. The van der Waals surface area contributed by atoms with Crippen LogP contribution in [0.2, 0.25) is 0 Å². The van der Waals surface area contributed by atoms with Crippen LogP contribution in [-0.2, 0) is 24.1 Å². The maximum Gasteiger partial charge on any atom is 0.224 e. The summed E-state index contributed by atoms with van der Waals surface area (Å²) in [4.78, 5) is 12.1. The average Bonchev–Trinajstić information content (AvgIpc) is 2.83. The van der Waals surface area contributed by atoms with Crippen molar-refractivity contribution < 1.29 is 4.79 Å². The minimum atomic E-state index is 0.0765. The number of hydrogen-bond acceptors (Lipinski definition) is 2. The lowest BCUT2D eigenvalue weighted by Crippen LogP contribution is -2.36. The summed E-state index contributed by atoms with van der Waals surface area (Å²) in [6.07, 6.45) is 2.28. The Kier molecular flexibility index (Phi) is 3.42. The Labute approximate surface area is 118 Å². The van der Waals surface area contributed by atoms with E-state index in [1.165, 1.54) is 11.1 Å². The third kappa shape index (κ3) is 2.82. The van der Waals surface area contributed by atoms with Gasteiger partial charge in [-0.25, -0.2) is 0 Å². The predicted molar refractivity (Wildman–Crippen MR) is 80.3 cm³/mol. The van der Waals surface area contributed by atoms with Crippen LogP contribution in [0, 0.1) is 0 Å². The molecule has 1 aliphatic carbocycles. The first kappa shape index (κ1) is 12.7. The topological polar surface area (TPSA) is 55.1 Å². The Morgan fingerprint density at radius 2 is 1.65 bits per heavy atom. The number of nitrogen functional groups attached to an aromatic ring is 1. The molecule has 0 radical (unpaired) electrons. The molecule has 3 rings (SSSR count). The van der Waals surface area contributed by atoms with Crippen LogP contribution < -0.4 is 11.1 Å². The minimum Gasteiger partial charge on any atom is -0.399 e. The monoisotopic (exact) mass is 266 g/mol. The maximum absolute atomic E-state index is 12.1. The zero-order valence-electron chi connectivity index (χ0n) is 11.3. The summed E-state index contributed by atoms with van der Waals surface area (Å²) in [7, 11) is 0. The number of fused-ring (bicyclic) bond motifs is 1. The van der Waals surface area contributed by atoms with Gasteiger partial charge in [0.05, 0.1) is 6.42 Å². The minimum absolute atomic E-state index is 0.0765. The van der Waals surface area contributed by atoms with Crippen LogP contribution >= 0.6 is 0 Å². The van der Waals surface area contributed by atoms with E-state index in [1.807, 2.05) is 24.3 Å². The summed E-state index contributed by atoms with van der Waals surface area (Å²) >= 11 is 0. The highest BCUT2D eigenvalue weighted by atomic mass is 16.1. The number of hydrogen-bond donors (Lipinski definition) is 2. The lowest BCUT2D eigenvalue weighted by molar-refractivity contribution is -0.121. The van der Waals surface area contributed by atoms with Crippen molar-refractivity contribution in [1.29, 1.82) is 0 Å². The Bertz CT molecular complexity index is 594. The molecule has 3 heteroatoms. The number of carbonyl (C=O) groups is 1. The third-order valence-corrected chi connectivity index (χ3v) is 3.76. The molecular weight excluding hydrogens is 248 g/mol. The first-order valence-corrected chi connectivity index (χ1v) is 6.91. The first-order valence-electron chi connectivity index (χ1n) is 6.91. The summed E-state index contributed by atoms with van der Waals surface area (Å²) in [6, 6.07) is 16.1. The molecule has 0 bridgehead atoms. The summed E-state index contributed by atoms with van der Waals surface area (Å²) in [6.45, 7) is 0. The number of benzene rings is 2. The number of nitrogens with two attached hydrogens (primary N) is 1. The zero-order chi connectivity index (χ0) is 13.9. The van der Waals surface area contributed by atoms with E-state index in [1.54, 1.807) is 0 Å². The maximum atomic E-state index is 12.1. The molecule has 0 aliphatic heterocycles. The Hall–Kier alpha value is -2.29. The number of anilines is 1. The van der Waals surface area contributed by atoms with Crippen molar-refractivity contribution in [3.05, 3.63) is 65.2 Å². The van der Waals surface area contributed by atoms with Crippen LogP contribution in [0.25, 0.3) is 0 Å². The molecule has 0 aromatic heterocycles. The number of rotatable bonds is 3. The summed E-state index contributed by atoms with van der Waals surface area (Å²) in [5, 5.41) is 3.12. The van der Waals surface area contributed by atoms with Crippen molar-refractivity contribution in [1.82, 2.24) is 5.32 Å². The fourth-order valence-corrected chi connectivity index (χ4v) is 2.76. The van der Waals surface area contributed by atoms with Crippen LogP contribution in [0.5, 0.6) is 0 Å². The van der Waals surface area contributed by atoms with Gasteiger partial charge in [0.1, 0.15) is 0 Å². The molecule has 102 valence electrons. The van der Waals surface area contributed by atoms with Gasteiger partial charge in [0.2, 0.25) is 5.91 Å². The van der Waals surface area contributed by atoms with Crippen molar-refractivity contribution in [2.75, 3.05) is 5.73 Å². The molecule has 0 saturated heterocycles. The van der Waals surface area contributed by atoms with E-state index < -0.39 is 0 Å². The molecule has 1 amide bonds. The van der Waals surface area contributed by atoms with Crippen LogP contribution in [0.1, 0.15) is 16.7 Å². The highest BCUT2D eigenvalue weighted by Gasteiger charge is 2.22. The molecular formula is C17H18N2O. The molecule has 1 aliphatic rings. The van der Waals surface area contributed by atoms with E-state index in [0.717, 1.165) is 24.1 Å². The SMILES string of the molecule is Nc1ccc(CC(=O)NC2Cc3ccccc3C2)cc1. The molecule has 3 nitrogen and oxygen atoms in total. The summed E-state index contributed by atoms with van der Waals surface area (Å²) in [5.74, 6) is 0.0765. The van der Waals surface area contributed by atoms with Gasteiger partial charge in [-0.2, -0.15) is 0 Å². The molecule has 20 heavy (non-hydrogen) atoms. The molecule has 0 unspecified atom stereocenters. The largest absolute Gasteiger partial charge is 0.399 e. The molecule has 0 atom stereocenters. The van der Waals surface area contributed by atoms with E-state index in [2.05, 4.69) is 29.6 Å². The predicted octanol–water partition coefficient (Wildman–Crippen LogP) is 2.09. The van der Waals surface area contributed by atoms with E-state index in [-0.39, 0.29) is 11.9 Å². The van der Waals surface area contributed by atoms with Gasteiger partial charge in [-0.05, 0) is 41.7 Å². The number of carbonyl (C=O) groups excluding carboxylic acids is 1. The number of nitrogens with one attached hydrogen (secondary N) is 1. The van der Waals surface area contributed by atoms with Gasteiger partial charge in [-0.3, -0.25) is 4.79 Å². The standard InChI is InChI=1S/C17H18N2O/c18-15-7-5-12(6-8-15)9-17(20)19-16-10-13-3-1-2-4-14(13)11-16/h1-8,16H,9-11,18H2,(H,19,20). The highest BCUT2D eigenvalue weighted by Crippen LogP contribution is 2.21. The van der Waals surface area contributed by atoms with Gasteiger partial charge >= 0.3 is 0 Å². The van der Waals surface area contributed by atoms with Crippen LogP contribution in [0.4, 0.5) is 5.69 Å². The van der Waals surface area contributed by atoms with Crippen molar-refractivity contribution >= 4 is 11.6 Å². The van der Waals surface area contributed by atoms with E-state index in [9.17, 15) is 4.79 Å². The van der Waals surface area contributed by atoms with Gasteiger partial charge < -0.3 is 11.1 Å². The molecule has 0 fully saturated rings. The second-order valence-corrected chi connectivity index (χ2v) is 5.36. The molecule has 2 aromatic carbocycles. The molecule has 0 spiro atoms. The molecule has 0 heterocycles. The third-order valence-electron chi connectivity index (χ3n) is 3.76. The van der Waals surface area contributed by atoms with Gasteiger partial charge in [0, 0.05) is 11.7 Å². The summed E-state index contributed by atoms with van der Waals surface area (Å²) < 4.78 is 0. The normalized spacial score (nSPS) is 14.0. The van der Waals surface area contributed by atoms with Gasteiger partial charge in [0.25, 0.3) is 0 Å². The zero-order valence-corrected chi connectivity index (χ0v) is 11.3. The Balaban J connectivity index is 1.57. The van der Waals surface area contributed by atoms with E-state index in [0.29, 0.717) is 6.42 Å². The van der Waals surface area contributed by atoms with Gasteiger partial charge in [0.15, 0.2) is 0 Å². The smallest absolute Gasteiger partial charge is 0.224 e. The number of amides is 1.